The van der Waals surface area contributed by atoms with E-state index in [1.54, 1.807) is 0 Å². The number of esters is 1. The predicted octanol–water partition coefficient (Wildman–Crippen LogP) is 1.89. The van der Waals surface area contributed by atoms with Crippen molar-refractivity contribution in [1.82, 2.24) is 0 Å². The van der Waals surface area contributed by atoms with E-state index in [4.69, 9.17) is 23.5 Å². The van der Waals surface area contributed by atoms with E-state index in [0.29, 0.717) is 13.0 Å². The van der Waals surface area contributed by atoms with E-state index in [-0.39, 0.29) is 19.6 Å². The molecule has 4 N–H and O–H groups in total. The van der Waals surface area contributed by atoms with Gasteiger partial charge in [-0.25, -0.2) is 4.18 Å². The quantitative estimate of drug-likeness (QED) is 0.0915. The molecule has 6 atom stereocenters. The molecular weight excluding hydrogens is 512 g/mol. The van der Waals surface area contributed by atoms with Gasteiger partial charge in [0, 0.05) is 13.0 Å². The molecular formula is C24H46O12S. The molecule has 6 unspecified atom stereocenters. The van der Waals surface area contributed by atoms with Gasteiger partial charge >= 0.3 is 16.4 Å². The average Bonchev–Trinajstić information content (AvgIpc) is 2.84. The summed E-state index contributed by atoms with van der Waals surface area (Å²) in [6.45, 7) is 3.69. The van der Waals surface area contributed by atoms with Crippen molar-refractivity contribution < 1.29 is 56.2 Å². The third kappa shape index (κ3) is 14.7. The number of ether oxygens (including phenoxy) is 4. The Balaban J connectivity index is 2.66. The molecule has 1 aliphatic rings. The molecule has 0 amide bonds. The van der Waals surface area contributed by atoms with Gasteiger partial charge in [0.05, 0.1) is 19.8 Å². The lowest BCUT2D eigenvalue weighted by atomic mass is 9.99. The smallest absolute Gasteiger partial charge is 0.397 e. The fourth-order valence-corrected chi connectivity index (χ4v) is 4.41. The monoisotopic (exact) mass is 558 g/mol. The van der Waals surface area contributed by atoms with Crippen molar-refractivity contribution in [2.75, 3.05) is 26.4 Å². The van der Waals surface area contributed by atoms with Gasteiger partial charge in [-0.3, -0.25) is 9.35 Å². The second kappa shape index (κ2) is 19.2. The number of aliphatic hydroxyl groups excluding tert-OH is 3. The van der Waals surface area contributed by atoms with Crippen molar-refractivity contribution in [3.63, 3.8) is 0 Å². The fourth-order valence-electron chi connectivity index (χ4n) is 3.90. The maximum Gasteiger partial charge on any atom is 0.397 e. The highest BCUT2D eigenvalue weighted by Gasteiger charge is 2.48. The minimum Gasteiger partial charge on any atom is -0.457 e. The minimum absolute atomic E-state index is 0.0369. The van der Waals surface area contributed by atoms with Crippen LogP contribution in [0.5, 0.6) is 0 Å². The summed E-state index contributed by atoms with van der Waals surface area (Å²) >= 11 is 0. The minimum atomic E-state index is -5.03. The van der Waals surface area contributed by atoms with Crippen LogP contribution in [0, 0.1) is 0 Å². The summed E-state index contributed by atoms with van der Waals surface area (Å²) in [5, 5.41) is 30.0. The Bertz CT molecular complexity index is 704. The average molecular weight is 559 g/mol. The zero-order valence-electron chi connectivity index (χ0n) is 22.0. The van der Waals surface area contributed by atoms with Crippen LogP contribution < -0.4 is 0 Å². The van der Waals surface area contributed by atoms with Crippen LogP contribution in [0.1, 0.15) is 84.5 Å². The topological polar surface area (TPSA) is 178 Å². The van der Waals surface area contributed by atoms with E-state index in [9.17, 15) is 28.5 Å². The standard InChI is InChI=1S/C24H46O12S/c1-3-5-7-8-9-10-12-14-32-16-18(34-20(26)13-11-6-4-2)17-33-24-22(28)23(36-37(29,30)31)21(27)19(15-25)35-24/h18-19,21-25,27-28H,3-17H2,1-2H3,(H,29,30,31). The summed E-state index contributed by atoms with van der Waals surface area (Å²) in [4.78, 5) is 12.3. The van der Waals surface area contributed by atoms with Gasteiger partial charge in [-0.15, -0.1) is 0 Å². The van der Waals surface area contributed by atoms with Gasteiger partial charge in [0.25, 0.3) is 0 Å². The molecule has 37 heavy (non-hydrogen) atoms. The van der Waals surface area contributed by atoms with Gasteiger partial charge in [-0.2, -0.15) is 8.42 Å². The van der Waals surface area contributed by atoms with E-state index >= 15 is 0 Å². The van der Waals surface area contributed by atoms with Gasteiger partial charge in [-0.1, -0.05) is 65.2 Å². The van der Waals surface area contributed by atoms with Crippen LogP contribution in [0.15, 0.2) is 0 Å². The number of aliphatic hydroxyl groups is 3. The summed E-state index contributed by atoms with van der Waals surface area (Å²) in [5.74, 6) is -0.428. The lowest BCUT2D eigenvalue weighted by Crippen LogP contribution is -2.60. The normalized spacial score (nSPS) is 25.2. The Morgan fingerprint density at radius 1 is 0.919 bits per heavy atom. The van der Waals surface area contributed by atoms with Gasteiger partial charge in [0.1, 0.15) is 30.5 Å². The highest BCUT2D eigenvalue weighted by atomic mass is 32.3. The molecule has 0 bridgehead atoms. The Labute approximate surface area is 220 Å². The Hall–Kier alpha value is -0.900. The first-order valence-electron chi connectivity index (χ1n) is 13.3. The van der Waals surface area contributed by atoms with E-state index in [1.165, 1.54) is 25.7 Å². The molecule has 0 radical (unpaired) electrons. The van der Waals surface area contributed by atoms with Crippen LogP contribution in [-0.4, -0.2) is 97.5 Å². The second-order valence-electron chi connectivity index (χ2n) is 9.29. The highest BCUT2D eigenvalue weighted by molar-refractivity contribution is 7.80. The van der Waals surface area contributed by atoms with Crippen molar-refractivity contribution in [2.45, 2.75) is 121 Å². The largest absolute Gasteiger partial charge is 0.457 e. The van der Waals surface area contributed by atoms with E-state index in [2.05, 4.69) is 11.1 Å². The maximum atomic E-state index is 12.3. The fraction of sp³-hybridized carbons (Fsp3) is 0.958. The second-order valence-corrected chi connectivity index (χ2v) is 10.3. The summed E-state index contributed by atoms with van der Waals surface area (Å²) in [6, 6.07) is 0. The maximum absolute atomic E-state index is 12.3. The Morgan fingerprint density at radius 3 is 2.16 bits per heavy atom. The van der Waals surface area contributed by atoms with E-state index in [0.717, 1.165) is 32.1 Å². The first-order valence-corrected chi connectivity index (χ1v) is 14.7. The molecule has 1 rings (SSSR count). The SMILES string of the molecule is CCCCCCCCCOCC(COC1OC(CO)C(O)C(OS(=O)(=O)O)C1O)OC(=O)CCCCC. The van der Waals surface area contributed by atoms with Crippen molar-refractivity contribution in [1.29, 1.82) is 0 Å². The van der Waals surface area contributed by atoms with E-state index in [1.807, 2.05) is 6.92 Å². The molecule has 0 aromatic rings. The molecule has 0 aliphatic carbocycles. The van der Waals surface area contributed by atoms with Gasteiger partial charge in [0.15, 0.2) is 6.29 Å². The molecule has 220 valence electrons. The van der Waals surface area contributed by atoms with Crippen molar-refractivity contribution in [3.8, 4) is 0 Å². The van der Waals surface area contributed by atoms with Crippen LogP contribution in [-0.2, 0) is 38.3 Å². The summed E-state index contributed by atoms with van der Waals surface area (Å²) < 4.78 is 57.7. The number of hydrogen-bond acceptors (Lipinski definition) is 11. The predicted molar refractivity (Wildman–Crippen MR) is 133 cm³/mol. The molecule has 1 saturated heterocycles. The first kappa shape index (κ1) is 34.1. The number of carbonyl (C=O) groups excluding carboxylic acids is 1. The molecule has 12 nitrogen and oxygen atoms in total. The van der Waals surface area contributed by atoms with Crippen molar-refractivity contribution in [2.24, 2.45) is 0 Å². The molecule has 0 aromatic carbocycles. The zero-order chi connectivity index (χ0) is 27.7. The molecule has 0 aromatic heterocycles. The Kier molecular flexibility index (Phi) is 17.7. The molecule has 1 heterocycles. The molecule has 0 spiro atoms. The first-order chi connectivity index (χ1) is 17.6. The summed E-state index contributed by atoms with van der Waals surface area (Å²) in [6.07, 6.45) is 1.41. The van der Waals surface area contributed by atoms with Gasteiger partial charge in [-0.05, 0) is 12.8 Å². The van der Waals surface area contributed by atoms with Crippen molar-refractivity contribution >= 4 is 16.4 Å². The summed E-state index contributed by atoms with van der Waals surface area (Å²) in [5.41, 5.74) is 0. The number of hydrogen-bond donors (Lipinski definition) is 4. The zero-order valence-corrected chi connectivity index (χ0v) is 22.9. The molecule has 13 heteroatoms. The molecule has 1 aliphatic heterocycles. The lowest BCUT2D eigenvalue weighted by Gasteiger charge is -2.41. The van der Waals surface area contributed by atoms with Crippen molar-refractivity contribution in [3.05, 3.63) is 0 Å². The van der Waals surface area contributed by atoms with Gasteiger partial charge in [0.2, 0.25) is 0 Å². The third-order valence-electron chi connectivity index (χ3n) is 5.98. The number of carbonyl (C=O) groups is 1. The molecule has 0 saturated carbocycles. The van der Waals surface area contributed by atoms with Crippen LogP contribution in [0.25, 0.3) is 0 Å². The summed E-state index contributed by atoms with van der Waals surface area (Å²) in [7, 11) is -5.03. The van der Waals surface area contributed by atoms with Crippen LogP contribution in [0.4, 0.5) is 0 Å². The lowest BCUT2D eigenvalue weighted by molar-refractivity contribution is -0.301. The number of rotatable bonds is 21. The third-order valence-corrected chi connectivity index (χ3v) is 6.44. The Morgan fingerprint density at radius 2 is 1.54 bits per heavy atom. The van der Waals surface area contributed by atoms with Crippen LogP contribution in [0.2, 0.25) is 0 Å². The van der Waals surface area contributed by atoms with Crippen LogP contribution in [0.3, 0.4) is 0 Å². The van der Waals surface area contributed by atoms with Crippen LogP contribution >= 0.6 is 0 Å². The number of unbranched alkanes of at least 4 members (excludes halogenated alkanes) is 8. The molecule has 1 fully saturated rings. The van der Waals surface area contributed by atoms with Gasteiger partial charge < -0.3 is 34.3 Å². The highest BCUT2D eigenvalue weighted by Crippen LogP contribution is 2.25. The van der Waals surface area contributed by atoms with E-state index < -0.39 is 59.8 Å².